The Hall–Kier alpha value is -5.45. The smallest absolute Gasteiger partial charge is 0.328 e. The number of halogens is 2. The molecule has 0 unspecified atom stereocenters. The quantitative estimate of drug-likeness (QED) is 0.124. The second kappa shape index (κ2) is 14.4. The van der Waals surface area contributed by atoms with Crippen molar-refractivity contribution in [2.75, 3.05) is 0 Å². The fourth-order valence-electron chi connectivity index (χ4n) is 4.12. The standard InChI is InChI=1S/C32H26F2N2O7/c33-26-14-12-23(17-27(26)34)24-11-13-25(29(18-24)36(40)41)31(38)35-28(32(39)43-20-22-9-5-2-6-10-22)15-16-30(37)42-19-21-7-3-1-4-8-21/h1-14,17-18,28H,15-16,19-20H2,(H,35,38)/t28-/m1/s1. The molecule has 0 spiro atoms. The molecule has 0 aliphatic carbocycles. The van der Waals surface area contributed by atoms with E-state index >= 15 is 0 Å². The molecular weight excluding hydrogens is 562 g/mol. The minimum absolute atomic E-state index is 0.0195. The highest BCUT2D eigenvalue weighted by atomic mass is 19.2. The number of benzene rings is 4. The molecule has 0 aliphatic rings. The Morgan fingerprint density at radius 2 is 1.35 bits per heavy atom. The van der Waals surface area contributed by atoms with E-state index in [1.165, 1.54) is 12.1 Å². The Morgan fingerprint density at radius 1 is 0.767 bits per heavy atom. The zero-order valence-electron chi connectivity index (χ0n) is 22.7. The summed E-state index contributed by atoms with van der Waals surface area (Å²) in [5.74, 6) is -4.66. The highest BCUT2D eigenvalue weighted by Crippen LogP contribution is 2.28. The molecule has 0 fully saturated rings. The molecule has 1 N–H and O–H groups in total. The van der Waals surface area contributed by atoms with Crippen LogP contribution in [-0.4, -0.2) is 28.8 Å². The highest BCUT2D eigenvalue weighted by Gasteiger charge is 2.28. The number of amides is 1. The first-order valence-electron chi connectivity index (χ1n) is 13.2. The van der Waals surface area contributed by atoms with Crippen LogP contribution in [0, 0.1) is 21.7 Å². The van der Waals surface area contributed by atoms with Gasteiger partial charge in [0.2, 0.25) is 0 Å². The van der Waals surface area contributed by atoms with E-state index in [4.69, 9.17) is 9.47 Å². The molecule has 0 saturated heterocycles. The Bertz CT molecular complexity index is 1620. The molecule has 4 aromatic carbocycles. The number of carbonyl (C=O) groups is 3. The minimum atomic E-state index is -1.34. The van der Waals surface area contributed by atoms with Crippen molar-refractivity contribution in [3.63, 3.8) is 0 Å². The van der Waals surface area contributed by atoms with Crippen LogP contribution in [0.3, 0.4) is 0 Å². The molecule has 0 saturated carbocycles. The van der Waals surface area contributed by atoms with Gasteiger partial charge in [-0.15, -0.1) is 0 Å². The summed E-state index contributed by atoms with van der Waals surface area (Å²) in [4.78, 5) is 49.7. The molecule has 9 nitrogen and oxygen atoms in total. The first kappa shape index (κ1) is 30.5. The fourth-order valence-corrected chi connectivity index (χ4v) is 4.12. The Kier molecular flexibility index (Phi) is 10.2. The van der Waals surface area contributed by atoms with Crippen molar-refractivity contribution >= 4 is 23.5 Å². The molecule has 11 heteroatoms. The molecule has 0 radical (unpaired) electrons. The van der Waals surface area contributed by atoms with Gasteiger partial charge >= 0.3 is 11.9 Å². The van der Waals surface area contributed by atoms with E-state index in [0.29, 0.717) is 5.56 Å². The van der Waals surface area contributed by atoms with Crippen LogP contribution in [0.4, 0.5) is 14.5 Å². The van der Waals surface area contributed by atoms with Gasteiger partial charge in [-0.3, -0.25) is 19.7 Å². The lowest BCUT2D eigenvalue weighted by Crippen LogP contribution is -2.42. The molecule has 220 valence electrons. The van der Waals surface area contributed by atoms with Crippen LogP contribution in [0.1, 0.15) is 34.3 Å². The van der Waals surface area contributed by atoms with Crippen molar-refractivity contribution < 1.29 is 37.6 Å². The molecule has 1 atom stereocenters. The van der Waals surface area contributed by atoms with Gasteiger partial charge in [-0.05, 0) is 46.9 Å². The van der Waals surface area contributed by atoms with Crippen molar-refractivity contribution in [3.8, 4) is 11.1 Å². The Balaban J connectivity index is 1.50. The van der Waals surface area contributed by atoms with Crippen LogP contribution >= 0.6 is 0 Å². The molecule has 4 aromatic rings. The maximum atomic E-state index is 13.7. The molecule has 43 heavy (non-hydrogen) atoms. The molecular formula is C32H26F2N2O7. The summed E-state index contributed by atoms with van der Waals surface area (Å²) in [5.41, 5.74) is 0.767. The zero-order chi connectivity index (χ0) is 30.8. The number of carbonyl (C=O) groups excluding carboxylic acids is 3. The topological polar surface area (TPSA) is 125 Å². The summed E-state index contributed by atoms with van der Waals surface area (Å²) in [7, 11) is 0. The van der Waals surface area contributed by atoms with Crippen molar-refractivity contribution in [1.29, 1.82) is 0 Å². The maximum absolute atomic E-state index is 13.7. The largest absolute Gasteiger partial charge is 0.461 e. The van der Waals surface area contributed by atoms with Crippen molar-refractivity contribution in [1.82, 2.24) is 5.32 Å². The van der Waals surface area contributed by atoms with Crippen molar-refractivity contribution in [2.24, 2.45) is 0 Å². The zero-order valence-corrected chi connectivity index (χ0v) is 22.7. The van der Waals surface area contributed by atoms with Gasteiger partial charge in [0.25, 0.3) is 11.6 Å². The third-order valence-corrected chi connectivity index (χ3v) is 6.39. The predicted molar refractivity (Wildman–Crippen MR) is 151 cm³/mol. The Morgan fingerprint density at radius 3 is 1.95 bits per heavy atom. The summed E-state index contributed by atoms with van der Waals surface area (Å²) in [6.45, 7) is -0.0841. The van der Waals surface area contributed by atoms with Gasteiger partial charge in [-0.1, -0.05) is 72.8 Å². The molecule has 0 aliphatic heterocycles. The lowest BCUT2D eigenvalue weighted by molar-refractivity contribution is -0.385. The van der Waals surface area contributed by atoms with Gasteiger partial charge in [0, 0.05) is 12.5 Å². The predicted octanol–water partition coefficient (Wildman–Crippen LogP) is 5.91. The van der Waals surface area contributed by atoms with E-state index in [1.54, 1.807) is 54.6 Å². The third-order valence-electron chi connectivity index (χ3n) is 6.39. The van der Waals surface area contributed by atoms with Crippen molar-refractivity contribution in [3.05, 3.63) is 136 Å². The van der Waals surface area contributed by atoms with Crippen LogP contribution in [0.15, 0.2) is 97.1 Å². The van der Waals surface area contributed by atoms with Gasteiger partial charge in [-0.25, -0.2) is 13.6 Å². The number of nitro benzene ring substituents is 1. The highest BCUT2D eigenvalue weighted by molar-refractivity contribution is 6.00. The van der Waals surface area contributed by atoms with Gasteiger partial charge in [0.1, 0.15) is 24.8 Å². The summed E-state index contributed by atoms with van der Waals surface area (Å²) in [5, 5.41) is 14.3. The molecule has 0 heterocycles. The average molecular weight is 589 g/mol. The summed E-state index contributed by atoms with van der Waals surface area (Å²) in [6, 6.07) is 22.9. The third kappa shape index (κ3) is 8.52. The molecule has 0 aromatic heterocycles. The SMILES string of the molecule is O=C(CC[C@@H](NC(=O)c1ccc(-c2ccc(F)c(F)c2)cc1[N+](=O)[O-])C(=O)OCc1ccccc1)OCc1ccccc1. The normalized spacial score (nSPS) is 11.3. The number of ether oxygens (including phenoxy) is 2. The summed E-state index contributed by atoms with van der Waals surface area (Å²) >= 11 is 0. The van der Waals surface area contributed by atoms with Crippen LogP contribution in [-0.2, 0) is 32.3 Å². The number of nitro groups is 1. The number of nitrogens with zero attached hydrogens (tertiary/aromatic N) is 1. The maximum Gasteiger partial charge on any atom is 0.328 e. The average Bonchev–Trinajstić information content (AvgIpc) is 3.02. The van der Waals surface area contributed by atoms with Gasteiger partial charge < -0.3 is 14.8 Å². The first-order chi connectivity index (χ1) is 20.7. The van der Waals surface area contributed by atoms with E-state index in [1.807, 2.05) is 6.07 Å². The van der Waals surface area contributed by atoms with Crippen LogP contribution in [0.25, 0.3) is 11.1 Å². The van der Waals surface area contributed by atoms with Crippen molar-refractivity contribution in [2.45, 2.75) is 32.1 Å². The molecule has 0 bridgehead atoms. The molecule has 4 rings (SSSR count). The van der Waals surface area contributed by atoms with E-state index in [-0.39, 0.29) is 42.7 Å². The number of rotatable bonds is 12. The van der Waals surface area contributed by atoms with E-state index in [2.05, 4.69) is 5.32 Å². The lowest BCUT2D eigenvalue weighted by Gasteiger charge is -2.18. The fraction of sp³-hybridized carbons (Fsp3) is 0.156. The van der Waals surface area contributed by atoms with Crippen LogP contribution < -0.4 is 5.32 Å². The Labute approximate surface area is 245 Å². The number of hydrogen-bond donors (Lipinski definition) is 1. The minimum Gasteiger partial charge on any atom is -0.461 e. The summed E-state index contributed by atoms with van der Waals surface area (Å²) in [6.07, 6.45) is -0.455. The van der Waals surface area contributed by atoms with Gasteiger partial charge in [-0.2, -0.15) is 0 Å². The second-order valence-corrected chi connectivity index (χ2v) is 9.42. The van der Waals surface area contributed by atoms with Gasteiger partial charge in [0.15, 0.2) is 11.6 Å². The number of esters is 2. The first-order valence-corrected chi connectivity index (χ1v) is 13.2. The van der Waals surface area contributed by atoms with Crippen LogP contribution in [0.2, 0.25) is 0 Å². The van der Waals surface area contributed by atoms with E-state index in [9.17, 15) is 33.3 Å². The molecule has 1 amide bonds. The number of hydrogen-bond acceptors (Lipinski definition) is 7. The van der Waals surface area contributed by atoms with Crippen LogP contribution in [0.5, 0.6) is 0 Å². The number of nitrogens with one attached hydrogen (secondary N) is 1. The summed E-state index contributed by atoms with van der Waals surface area (Å²) < 4.78 is 37.7. The second-order valence-electron chi connectivity index (χ2n) is 9.42. The van der Waals surface area contributed by atoms with E-state index < -0.39 is 46.1 Å². The van der Waals surface area contributed by atoms with E-state index in [0.717, 1.165) is 29.8 Å². The lowest BCUT2D eigenvalue weighted by atomic mass is 10.0. The van der Waals surface area contributed by atoms with Gasteiger partial charge in [0.05, 0.1) is 4.92 Å². The monoisotopic (exact) mass is 588 g/mol.